The van der Waals surface area contributed by atoms with Gasteiger partial charge in [0.1, 0.15) is 5.76 Å². The van der Waals surface area contributed by atoms with E-state index in [1.54, 1.807) is 25.2 Å². The minimum atomic E-state index is -0.425. The predicted octanol–water partition coefficient (Wildman–Crippen LogP) is 1.48. The third-order valence-corrected chi connectivity index (χ3v) is 1.26. The summed E-state index contributed by atoms with van der Waals surface area (Å²) in [6.45, 7) is 5.23. The lowest BCUT2D eigenvalue weighted by molar-refractivity contribution is 0.488. The monoisotopic (exact) mass is 151 g/mol. The average Bonchev–Trinajstić information content (AvgIpc) is 2.26. The maximum Gasteiger partial charge on any atom is 0.416 e. The molecule has 0 aliphatic carbocycles. The molecule has 0 aliphatic rings. The molecule has 0 aromatic carbocycles. The molecular formula is C8H9NO2. The summed E-state index contributed by atoms with van der Waals surface area (Å²) in [7, 11) is 0. The molecule has 1 aromatic rings. The molecule has 0 fully saturated rings. The molecule has 1 rings (SSSR count). The van der Waals surface area contributed by atoms with Crippen molar-refractivity contribution in [3.63, 3.8) is 0 Å². The van der Waals surface area contributed by atoms with Crippen LogP contribution in [-0.2, 0) is 0 Å². The topological polar surface area (TPSA) is 46.0 Å². The van der Waals surface area contributed by atoms with Crippen LogP contribution in [0.2, 0.25) is 0 Å². The summed E-state index contributed by atoms with van der Waals surface area (Å²) in [6.07, 6.45) is 5.09. The second kappa shape index (κ2) is 3.05. The lowest BCUT2D eigenvalue weighted by Gasteiger charge is -1.82. The van der Waals surface area contributed by atoms with E-state index < -0.39 is 5.76 Å². The minimum Gasteiger partial charge on any atom is -0.413 e. The standard InChI is InChI=1S/C8H9NO2/c1-3-4-5-7-6(2)11-8(10)9-7/h3-5H,1H2,2H3,(H,9,10)/b5-4-. The quantitative estimate of drug-likeness (QED) is 0.650. The zero-order valence-electron chi connectivity index (χ0n) is 6.26. The van der Waals surface area contributed by atoms with Gasteiger partial charge in [-0.25, -0.2) is 4.79 Å². The van der Waals surface area contributed by atoms with Gasteiger partial charge in [-0.05, 0) is 13.0 Å². The van der Waals surface area contributed by atoms with Gasteiger partial charge >= 0.3 is 5.76 Å². The Labute approximate surface area is 64.1 Å². The Bertz CT molecular complexity index is 330. The van der Waals surface area contributed by atoms with E-state index in [1.165, 1.54) is 0 Å². The van der Waals surface area contributed by atoms with Crippen LogP contribution in [0, 0.1) is 6.92 Å². The second-order valence-corrected chi connectivity index (χ2v) is 2.08. The molecule has 0 atom stereocenters. The first kappa shape index (κ1) is 7.60. The van der Waals surface area contributed by atoms with Gasteiger partial charge in [-0.1, -0.05) is 18.7 Å². The van der Waals surface area contributed by atoms with Crippen LogP contribution in [-0.4, -0.2) is 4.98 Å². The first-order valence-electron chi connectivity index (χ1n) is 3.23. The highest BCUT2D eigenvalue weighted by molar-refractivity contribution is 5.47. The van der Waals surface area contributed by atoms with Crippen molar-refractivity contribution in [1.29, 1.82) is 0 Å². The Balaban J connectivity index is 3.03. The Morgan fingerprint density at radius 2 is 2.36 bits per heavy atom. The molecule has 0 unspecified atom stereocenters. The number of hydrogen-bond acceptors (Lipinski definition) is 2. The molecule has 1 N–H and O–H groups in total. The summed E-state index contributed by atoms with van der Waals surface area (Å²) in [5, 5.41) is 0. The summed E-state index contributed by atoms with van der Waals surface area (Å²) < 4.78 is 4.71. The van der Waals surface area contributed by atoms with Gasteiger partial charge in [0.15, 0.2) is 0 Å². The van der Waals surface area contributed by atoms with Crippen LogP contribution in [0.15, 0.2) is 27.9 Å². The lowest BCUT2D eigenvalue weighted by atomic mass is 10.3. The summed E-state index contributed by atoms with van der Waals surface area (Å²) in [4.78, 5) is 13.1. The molecule has 1 heterocycles. The van der Waals surface area contributed by atoms with Gasteiger partial charge in [0.05, 0.1) is 5.69 Å². The van der Waals surface area contributed by atoms with E-state index in [0.29, 0.717) is 11.5 Å². The van der Waals surface area contributed by atoms with E-state index in [2.05, 4.69) is 11.6 Å². The number of nitrogens with one attached hydrogen (secondary N) is 1. The zero-order chi connectivity index (χ0) is 8.27. The fourth-order valence-corrected chi connectivity index (χ4v) is 0.741. The van der Waals surface area contributed by atoms with E-state index >= 15 is 0 Å². The number of aryl methyl sites for hydroxylation is 1. The third kappa shape index (κ3) is 1.70. The van der Waals surface area contributed by atoms with E-state index in [0.717, 1.165) is 0 Å². The molecule has 3 heteroatoms. The second-order valence-electron chi connectivity index (χ2n) is 2.08. The molecule has 0 saturated heterocycles. The number of aromatic nitrogens is 1. The van der Waals surface area contributed by atoms with E-state index in [-0.39, 0.29) is 0 Å². The SMILES string of the molecule is C=C/C=C\c1[nH]c(=O)oc1C. The molecule has 11 heavy (non-hydrogen) atoms. The number of H-pyrrole nitrogens is 1. The van der Waals surface area contributed by atoms with Crippen LogP contribution in [0.25, 0.3) is 6.08 Å². The fraction of sp³-hybridized carbons (Fsp3) is 0.125. The largest absolute Gasteiger partial charge is 0.416 e. The lowest BCUT2D eigenvalue weighted by Crippen LogP contribution is -1.94. The first-order chi connectivity index (χ1) is 5.24. The van der Waals surface area contributed by atoms with Crippen LogP contribution in [0.3, 0.4) is 0 Å². The Hall–Kier alpha value is -1.51. The summed E-state index contributed by atoms with van der Waals surface area (Å²) in [5.74, 6) is 0.166. The van der Waals surface area contributed by atoms with Gasteiger partial charge in [-0.15, -0.1) is 0 Å². The Morgan fingerprint density at radius 3 is 2.82 bits per heavy atom. The van der Waals surface area contributed by atoms with E-state index in [4.69, 9.17) is 4.42 Å². The molecule has 0 radical (unpaired) electrons. The third-order valence-electron chi connectivity index (χ3n) is 1.26. The number of allylic oxidation sites excluding steroid dienone is 2. The number of rotatable bonds is 2. The number of hydrogen-bond donors (Lipinski definition) is 1. The van der Waals surface area contributed by atoms with Gasteiger partial charge in [-0.2, -0.15) is 0 Å². The van der Waals surface area contributed by atoms with Crippen LogP contribution in [0.4, 0.5) is 0 Å². The minimum absolute atomic E-state index is 0.425. The molecule has 0 aliphatic heterocycles. The highest BCUT2D eigenvalue weighted by atomic mass is 16.4. The highest BCUT2D eigenvalue weighted by Crippen LogP contribution is 2.02. The fourth-order valence-electron chi connectivity index (χ4n) is 0.741. The van der Waals surface area contributed by atoms with Gasteiger partial charge in [-0.3, -0.25) is 4.98 Å². The first-order valence-corrected chi connectivity index (χ1v) is 3.23. The highest BCUT2D eigenvalue weighted by Gasteiger charge is 1.98. The van der Waals surface area contributed by atoms with Crippen molar-refractivity contribution in [3.8, 4) is 0 Å². The molecule has 3 nitrogen and oxygen atoms in total. The van der Waals surface area contributed by atoms with Crippen molar-refractivity contribution in [2.24, 2.45) is 0 Å². The molecule has 0 bridgehead atoms. The average molecular weight is 151 g/mol. The Kier molecular flexibility index (Phi) is 2.11. The van der Waals surface area contributed by atoms with Gasteiger partial charge in [0.2, 0.25) is 0 Å². The van der Waals surface area contributed by atoms with Crippen molar-refractivity contribution in [3.05, 3.63) is 40.7 Å². The number of aromatic amines is 1. The zero-order valence-corrected chi connectivity index (χ0v) is 6.26. The van der Waals surface area contributed by atoms with Crippen LogP contribution < -0.4 is 5.76 Å². The van der Waals surface area contributed by atoms with Gasteiger partial charge in [0.25, 0.3) is 0 Å². The van der Waals surface area contributed by atoms with Crippen LogP contribution >= 0.6 is 0 Å². The maximum absolute atomic E-state index is 10.6. The van der Waals surface area contributed by atoms with Crippen molar-refractivity contribution < 1.29 is 4.42 Å². The van der Waals surface area contributed by atoms with Crippen LogP contribution in [0.1, 0.15) is 11.5 Å². The molecule has 58 valence electrons. The molecule has 0 spiro atoms. The van der Waals surface area contributed by atoms with Crippen molar-refractivity contribution in [2.75, 3.05) is 0 Å². The van der Waals surface area contributed by atoms with Crippen molar-refractivity contribution in [2.45, 2.75) is 6.92 Å². The van der Waals surface area contributed by atoms with E-state index in [9.17, 15) is 4.79 Å². The summed E-state index contributed by atoms with van der Waals surface area (Å²) >= 11 is 0. The maximum atomic E-state index is 10.6. The molecule has 0 saturated carbocycles. The summed E-state index contributed by atoms with van der Waals surface area (Å²) in [5.41, 5.74) is 0.690. The molecule has 1 aromatic heterocycles. The van der Waals surface area contributed by atoms with E-state index in [1.807, 2.05) is 0 Å². The molecule has 0 amide bonds. The predicted molar refractivity (Wildman–Crippen MR) is 43.3 cm³/mol. The summed E-state index contributed by atoms with van der Waals surface area (Å²) in [6, 6.07) is 0. The Morgan fingerprint density at radius 1 is 1.64 bits per heavy atom. The smallest absolute Gasteiger partial charge is 0.413 e. The van der Waals surface area contributed by atoms with Gasteiger partial charge < -0.3 is 4.42 Å². The molecular weight excluding hydrogens is 142 g/mol. The van der Waals surface area contributed by atoms with Gasteiger partial charge in [0, 0.05) is 0 Å². The van der Waals surface area contributed by atoms with Crippen molar-refractivity contribution in [1.82, 2.24) is 4.98 Å². The van der Waals surface area contributed by atoms with Crippen LogP contribution in [0.5, 0.6) is 0 Å². The van der Waals surface area contributed by atoms with Crippen molar-refractivity contribution >= 4 is 6.08 Å². The normalized spacial score (nSPS) is 10.6. The number of oxazole rings is 1.